The fourth-order valence-corrected chi connectivity index (χ4v) is 1.89. The molecule has 1 heterocycles. The van der Waals surface area contributed by atoms with Crippen LogP contribution in [0.4, 0.5) is 9.93 Å². The molecule has 0 saturated carbocycles. The van der Waals surface area contributed by atoms with Gasteiger partial charge in [-0.25, -0.2) is 9.59 Å². The summed E-state index contributed by atoms with van der Waals surface area (Å²) in [5, 5.41) is 22.4. The highest BCUT2D eigenvalue weighted by atomic mass is 32.1. The second kappa shape index (κ2) is 6.29. The van der Waals surface area contributed by atoms with Crippen molar-refractivity contribution in [1.29, 1.82) is 0 Å². The van der Waals surface area contributed by atoms with Gasteiger partial charge in [0.05, 0.1) is 0 Å². The Morgan fingerprint density at radius 3 is 2.56 bits per heavy atom. The maximum absolute atomic E-state index is 11.6. The van der Waals surface area contributed by atoms with E-state index < -0.39 is 18.0 Å². The van der Waals surface area contributed by atoms with Crippen LogP contribution in [0.1, 0.15) is 25.3 Å². The summed E-state index contributed by atoms with van der Waals surface area (Å²) in [4.78, 5) is 22.6. The summed E-state index contributed by atoms with van der Waals surface area (Å²) < 4.78 is 0. The lowest BCUT2D eigenvalue weighted by Crippen LogP contribution is -2.46. The third-order valence-electron chi connectivity index (χ3n) is 2.51. The number of nitrogens with zero attached hydrogens (tertiary/aromatic N) is 2. The van der Waals surface area contributed by atoms with Gasteiger partial charge >= 0.3 is 12.0 Å². The largest absolute Gasteiger partial charge is 0.480 e. The Balaban J connectivity index is 2.59. The average Bonchev–Trinajstić information content (AvgIpc) is 2.70. The minimum Gasteiger partial charge on any atom is -0.480 e. The zero-order valence-electron chi connectivity index (χ0n) is 10.4. The quantitative estimate of drug-likeness (QED) is 0.753. The number of hydrogen-bond acceptors (Lipinski definition) is 5. The molecule has 1 aromatic rings. The molecule has 0 radical (unpaired) electrons. The number of aliphatic carboxylic acids is 1. The molecule has 2 amide bonds. The Labute approximate surface area is 109 Å². The van der Waals surface area contributed by atoms with E-state index in [4.69, 9.17) is 5.11 Å². The van der Waals surface area contributed by atoms with Gasteiger partial charge in [-0.2, -0.15) is 0 Å². The third kappa shape index (κ3) is 3.95. The number of carboxylic acid groups (broad SMARTS) is 1. The van der Waals surface area contributed by atoms with Crippen molar-refractivity contribution < 1.29 is 14.7 Å². The summed E-state index contributed by atoms with van der Waals surface area (Å²) >= 11 is 1.22. The third-order valence-corrected chi connectivity index (χ3v) is 3.27. The lowest BCUT2D eigenvalue weighted by Gasteiger charge is -2.19. The molecule has 1 rings (SSSR count). The van der Waals surface area contributed by atoms with Crippen molar-refractivity contribution in [2.24, 2.45) is 5.92 Å². The molecule has 0 aliphatic heterocycles. The summed E-state index contributed by atoms with van der Waals surface area (Å²) in [6, 6.07) is -1.50. The molecule has 0 spiro atoms. The highest BCUT2D eigenvalue weighted by Crippen LogP contribution is 2.14. The Bertz CT molecular complexity index is 435. The van der Waals surface area contributed by atoms with E-state index in [0.717, 1.165) is 5.01 Å². The molecule has 18 heavy (non-hydrogen) atoms. The van der Waals surface area contributed by atoms with Crippen LogP contribution < -0.4 is 10.6 Å². The maximum Gasteiger partial charge on any atom is 0.326 e. The normalized spacial score (nSPS) is 13.7. The highest BCUT2D eigenvalue weighted by molar-refractivity contribution is 7.15. The van der Waals surface area contributed by atoms with Gasteiger partial charge in [0.25, 0.3) is 0 Å². The molecule has 0 saturated heterocycles. The summed E-state index contributed by atoms with van der Waals surface area (Å²) in [6.45, 7) is 5.41. The Kier molecular flexibility index (Phi) is 5.02. The number of anilines is 1. The first-order valence-corrected chi connectivity index (χ1v) is 6.36. The zero-order valence-corrected chi connectivity index (χ0v) is 11.2. The van der Waals surface area contributed by atoms with Crippen LogP contribution in [-0.4, -0.2) is 33.3 Å². The van der Waals surface area contributed by atoms with Crippen LogP contribution in [0, 0.1) is 12.8 Å². The topological polar surface area (TPSA) is 104 Å². The minimum absolute atomic E-state index is 0.149. The monoisotopic (exact) mass is 272 g/mol. The van der Waals surface area contributed by atoms with Gasteiger partial charge in [-0.05, 0) is 12.8 Å². The minimum atomic E-state index is -1.05. The zero-order chi connectivity index (χ0) is 13.7. The molecule has 3 N–H and O–H groups in total. The van der Waals surface area contributed by atoms with E-state index in [0.29, 0.717) is 11.6 Å². The number of hydrogen-bond donors (Lipinski definition) is 3. The van der Waals surface area contributed by atoms with Crippen molar-refractivity contribution in [2.75, 3.05) is 5.32 Å². The fourth-order valence-electron chi connectivity index (χ4n) is 1.30. The van der Waals surface area contributed by atoms with Gasteiger partial charge in [-0.3, -0.25) is 5.32 Å². The predicted molar refractivity (Wildman–Crippen MR) is 67.7 cm³/mol. The Hall–Kier alpha value is -1.70. The Morgan fingerprint density at radius 1 is 1.44 bits per heavy atom. The van der Waals surface area contributed by atoms with Gasteiger partial charge in [-0.1, -0.05) is 31.6 Å². The van der Waals surface area contributed by atoms with Gasteiger partial charge in [0.2, 0.25) is 5.13 Å². The number of aryl methyl sites for hydroxylation is 1. The van der Waals surface area contributed by atoms with E-state index in [1.165, 1.54) is 11.3 Å². The predicted octanol–water partition coefficient (Wildman–Crippen LogP) is 1.47. The van der Waals surface area contributed by atoms with Gasteiger partial charge in [0, 0.05) is 0 Å². The summed E-state index contributed by atoms with van der Waals surface area (Å²) in [7, 11) is 0. The van der Waals surface area contributed by atoms with Crippen molar-refractivity contribution >= 4 is 28.5 Å². The van der Waals surface area contributed by atoms with Gasteiger partial charge in [0.15, 0.2) is 0 Å². The molecule has 0 aliphatic carbocycles. The van der Waals surface area contributed by atoms with Crippen LogP contribution in [0.25, 0.3) is 0 Å². The molecular weight excluding hydrogens is 256 g/mol. The summed E-state index contributed by atoms with van der Waals surface area (Å²) in [5.74, 6) is -1.20. The van der Waals surface area contributed by atoms with Crippen LogP contribution in [0.2, 0.25) is 0 Å². The van der Waals surface area contributed by atoms with Gasteiger partial charge in [0.1, 0.15) is 11.0 Å². The molecule has 8 heteroatoms. The molecule has 1 unspecified atom stereocenters. The fraction of sp³-hybridized carbons (Fsp3) is 0.600. The van der Waals surface area contributed by atoms with Crippen molar-refractivity contribution in [1.82, 2.24) is 15.5 Å². The molecule has 0 bridgehead atoms. The van der Waals surface area contributed by atoms with E-state index in [1.54, 1.807) is 13.8 Å². The molecule has 7 nitrogen and oxygen atoms in total. The number of carboxylic acids is 1. The smallest absolute Gasteiger partial charge is 0.326 e. The molecular formula is C10H16N4O3S. The summed E-state index contributed by atoms with van der Waals surface area (Å²) in [5.41, 5.74) is 0. The molecule has 1 aromatic heterocycles. The number of amides is 2. The van der Waals surface area contributed by atoms with Crippen molar-refractivity contribution in [3.8, 4) is 0 Å². The average molecular weight is 272 g/mol. The molecule has 0 fully saturated rings. The van der Waals surface area contributed by atoms with E-state index in [-0.39, 0.29) is 5.92 Å². The lowest BCUT2D eigenvalue weighted by molar-refractivity contribution is -0.140. The highest BCUT2D eigenvalue weighted by Gasteiger charge is 2.25. The second-order valence-corrected chi connectivity index (χ2v) is 5.11. The first-order chi connectivity index (χ1) is 8.43. The number of urea groups is 1. The molecule has 0 aliphatic rings. The van der Waals surface area contributed by atoms with Crippen molar-refractivity contribution in [3.63, 3.8) is 0 Å². The summed E-state index contributed by atoms with van der Waals surface area (Å²) in [6.07, 6.45) is 0.662. The van der Waals surface area contributed by atoms with Crippen LogP contribution in [0.3, 0.4) is 0 Å². The maximum atomic E-state index is 11.6. The Morgan fingerprint density at radius 2 is 2.11 bits per heavy atom. The van der Waals surface area contributed by atoms with Crippen LogP contribution in [-0.2, 0) is 4.79 Å². The lowest BCUT2D eigenvalue weighted by atomic mass is 10.00. The number of rotatable bonds is 5. The van der Waals surface area contributed by atoms with Crippen LogP contribution in [0.5, 0.6) is 0 Å². The molecule has 100 valence electrons. The van der Waals surface area contributed by atoms with E-state index in [2.05, 4.69) is 20.8 Å². The molecule has 0 aromatic carbocycles. The number of carbonyl (C=O) groups is 2. The van der Waals surface area contributed by atoms with Gasteiger partial charge in [-0.15, -0.1) is 10.2 Å². The number of aromatic nitrogens is 2. The first-order valence-electron chi connectivity index (χ1n) is 5.54. The molecule has 2 atom stereocenters. The second-order valence-electron chi connectivity index (χ2n) is 3.93. The van der Waals surface area contributed by atoms with Crippen molar-refractivity contribution in [3.05, 3.63) is 5.01 Å². The van der Waals surface area contributed by atoms with E-state index in [9.17, 15) is 9.59 Å². The van der Waals surface area contributed by atoms with Gasteiger partial charge < -0.3 is 10.4 Å². The number of carbonyl (C=O) groups excluding carboxylic acids is 1. The number of nitrogens with one attached hydrogen (secondary N) is 2. The van der Waals surface area contributed by atoms with Crippen LogP contribution >= 0.6 is 11.3 Å². The van der Waals surface area contributed by atoms with Crippen LogP contribution in [0.15, 0.2) is 0 Å². The standard InChI is InChI=1S/C10H16N4O3S/c1-4-5(2)7(8(15)16)11-9(17)12-10-14-13-6(3)18-10/h5,7H,4H2,1-3H3,(H,15,16)(H2,11,12,14,17)/t5?,7-/m0/s1. The first kappa shape index (κ1) is 14.4. The van der Waals surface area contributed by atoms with E-state index in [1.807, 2.05) is 6.92 Å². The SMILES string of the molecule is CCC(C)[C@H](NC(=O)Nc1nnc(C)s1)C(=O)O. The van der Waals surface area contributed by atoms with Crippen molar-refractivity contribution in [2.45, 2.75) is 33.2 Å². The van der Waals surface area contributed by atoms with E-state index >= 15 is 0 Å².